The smallest absolute Gasteiger partial charge is 0.238 e. The number of hydrogen-bond donors (Lipinski definition) is 2. The van der Waals surface area contributed by atoms with Crippen LogP contribution in [0.4, 0.5) is 10.8 Å². The number of aromatic nitrogens is 2. The molecule has 2 amide bonds. The average Bonchev–Trinajstić information content (AvgIpc) is 3.09. The van der Waals surface area contributed by atoms with E-state index in [1.54, 1.807) is 6.92 Å². The van der Waals surface area contributed by atoms with Crippen molar-refractivity contribution in [3.8, 4) is 0 Å². The first-order valence-electron chi connectivity index (χ1n) is 8.74. The van der Waals surface area contributed by atoms with Crippen molar-refractivity contribution < 1.29 is 9.59 Å². The molecule has 0 spiro atoms. The van der Waals surface area contributed by atoms with E-state index in [9.17, 15) is 9.59 Å². The molecule has 2 N–H and O–H groups in total. The van der Waals surface area contributed by atoms with E-state index in [-0.39, 0.29) is 11.8 Å². The van der Waals surface area contributed by atoms with Crippen molar-refractivity contribution in [3.63, 3.8) is 0 Å². The van der Waals surface area contributed by atoms with Crippen LogP contribution in [0.1, 0.15) is 44.5 Å². The second kappa shape index (κ2) is 8.18. The third-order valence-corrected chi connectivity index (χ3v) is 7.02. The Bertz CT molecular complexity index is 804. The summed E-state index contributed by atoms with van der Waals surface area (Å²) in [7, 11) is 0. The number of anilines is 2. The summed E-state index contributed by atoms with van der Waals surface area (Å²) in [6, 6.07) is 7.61. The first-order chi connectivity index (χ1) is 12.5. The van der Waals surface area contributed by atoms with Crippen molar-refractivity contribution in [1.29, 1.82) is 0 Å². The maximum atomic E-state index is 12.6. The summed E-state index contributed by atoms with van der Waals surface area (Å²) in [6.07, 6.45) is 1.99. The van der Waals surface area contributed by atoms with Crippen LogP contribution in [-0.4, -0.2) is 27.3 Å². The zero-order valence-corrected chi connectivity index (χ0v) is 16.6. The summed E-state index contributed by atoms with van der Waals surface area (Å²) in [4.78, 5) is 26.0. The normalized spacial score (nSPS) is 17.5. The van der Waals surface area contributed by atoms with Gasteiger partial charge in [-0.05, 0) is 25.0 Å². The molecule has 0 aliphatic carbocycles. The van der Waals surface area contributed by atoms with Crippen LogP contribution >= 0.6 is 23.1 Å². The fraction of sp³-hybridized carbons (Fsp3) is 0.444. The lowest BCUT2D eigenvalue weighted by Crippen LogP contribution is -2.39. The fourth-order valence-electron chi connectivity index (χ4n) is 2.84. The number of benzene rings is 1. The summed E-state index contributed by atoms with van der Waals surface area (Å²) >= 11 is 2.83. The monoisotopic (exact) mass is 390 g/mol. The summed E-state index contributed by atoms with van der Waals surface area (Å²) in [5, 5.41) is 14.9. The minimum absolute atomic E-state index is 0.147. The lowest BCUT2D eigenvalue weighted by atomic mass is 10.1. The van der Waals surface area contributed by atoms with Crippen LogP contribution in [0.3, 0.4) is 0 Å². The summed E-state index contributed by atoms with van der Waals surface area (Å²) in [6.45, 7) is 6.00. The Morgan fingerprint density at radius 1 is 1.27 bits per heavy atom. The standard InChI is InChI=1S/C18H22N4O2S2/c1-4-11(5-2)17-21-22-18(26-17)20-15(23)10(3)14-16(24)19-12-8-6-7-9-13(12)25-14/h6-11,14H,4-5H2,1-3H3,(H,19,24)(H,20,22,23). The van der Waals surface area contributed by atoms with Crippen LogP contribution in [0.25, 0.3) is 0 Å². The van der Waals surface area contributed by atoms with Gasteiger partial charge in [0.25, 0.3) is 0 Å². The number of amides is 2. The molecule has 2 heterocycles. The van der Waals surface area contributed by atoms with Gasteiger partial charge in [-0.15, -0.1) is 22.0 Å². The largest absolute Gasteiger partial charge is 0.324 e. The highest BCUT2D eigenvalue weighted by atomic mass is 32.2. The summed E-state index contributed by atoms with van der Waals surface area (Å²) in [5.41, 5.74) is 0.797. The second-order valence-electron chi connectivity index (χ2n) is 6.26. The van der Waals surface area contributed by atoms with Gasteiger partial charge in [0, 0.05) is 10.8 Å². The highest BCUT2D eigenvalue weighted by Gasteiger charge is 2.35. The van der Waals surface area contributed by atoms with E-state index in [4.69, 9.17) is 0 Å². The molecule has 1 aliphatic heterocycles. The molecule has 1 aliphatic rings. The Morgan fingerprint density at radius 2 is 2.00 bits per heavy atom. The van der Waals surface area contributed by atoms with Gasteiger partial charge in [-0.3, -0.25) is 9.59 Å². The maximum Gasteiger partial charge on any atom is 0.238 e. The van der Waals surface area contributed by atoms with E-state index in [1.807, 2.05) is 24.3 Å². The Balaban J connectivity index is 1.68. The topological polar surface area (TPSA) is 84.0 Å². The molecule has 26 heavy (non-hydrogen) atoms. The van der Waals surface area contributed by atoms with Crippen LogP contribution in [0.2, 0.25) is 0 Å². The fourth-order valence-corrected chi connectivity index (χ4v) is 5.02. The van der Waals surface area contributed by atoms with Gasteiger partial charge >= 0.3 is 0 Å². The molecule has 138 valence electrons. The van der Waals surface area contributed by atoms with Crippen molar-refractivity contribution in [1.82, 2.24) is 10.2 Å². The van der Waals surface area contributed by atoms with Gasteiger partial charge in [0.05, 0.1) is 16.9 Å². The molecule has 1 aromatic carbocycles. The van der Waals surface area contributed by atoms with Crippen LogP contribution in [0.5, 0.6) is 0 Å². The van der Waals surface area contributed by atoms with Crippen molar-refractivity contribution in [3.05, 3.63) is 29.3 Å². The van der Waals surface area contributed by atoms with Gasteiger partial charge in [0.15, 0.2) is 0 Å². The van der Waals surface area contributed by atoms with Crippen molar-refractivity contribution >= 4 is 45.7 Å². The Morgan fingerprint density at radius 3 is 2.73 bits per heavy atom. The molecular formula is C18H22N4O2S2. The Hall–Kier alpha value is -1.93. The zero-order chi connectivity index (χ0) is 18.7. The van der Waals surface area contributed by atoms with Crippen LogP contribution in [0, 0.1) is 5.92 Å². The van der Waals surface area contributed by atoms with Crippen molar-refractivity contribution in [2.75, 3.05) is 10.6 Å². The summed E-state index contributed by atoms with van der Waals surface area (Å²) < 4.78 is 0. The van der Waals surface area contributed by atoms with Crippen LogP contribution in [-0.2, 0) is 9.59 Å². The van der Waals surface area contributed by atoms with E-state index in [0.29, 0.717) is 11.0 Å². The highest BCUT2D eigenvalue weighted by molar-refractivity contribution is 8.01. The lowest BCUT2D eigenvalue weighted by Gasteiger charge is -2.27. The van der Waals surface area contributed by atoms with Crippen LogP contribution in [0.15, 0.2) is 29.2 Å². The molecule has 8 heteroatoms. The predicted molar refractivity (Wildman–Crippen MR) is 106 cm³/mol. The van der Waals surface area contributed by atoms with Crippen molar-refractivity contribution in [2.24, 2.45) is 5.92 Å². The molecule has 2 atom stereocenters. The number of carbonyl (C=O) groups is 2. The van der Waals surface area contributed by atoms with E-state index in [0.717, 1.165) is 28.4 Å². The molecule has 0 saturated heterocycles. The first kappa shape index (κ1) is 18.8. The number of para-hydroxylation sites is 1. The van der Waals surface area contributed by atoms with Gasteiger partial charge in [-0.25, -0.2) is 0 Å². The molecule has 1 aromatic heterocycles. The number of fused-ring (bicyclic) bond motifs is 1. The molecule has 0 radical (unpaired) electrons. The SMILES string of the molecule is CCC(CC)c1nnc(NC(=O)C(C)C2Sc3ccccc3NC2=O)s1. The molecule has 6 nitrogen and oxygen atoms in total. The highest BCUT2D eigenvalue weighted by Crippen LogP contribution is 2.38. The maximum absolute atomic E-state index is 12.6. The van der Waals surface area contributed by atoms with Gasteiger partial charge in [0.2, 0.25) is 16.9 Å². The Kier molecular flexibility index (Phi) is 5.93. The van der Waals surface area contributed by atoms with Crippen LogP contribution < -0.4 is 10.6 Å². The molecule has 0 fully saturated rings. The zero-order valence-electron chi connectivity index (χ0n) is 15.0. The van der Waals surface area contributed by atoms with E-state index >= 15 is 0 Å². The quantitative estimate of drug-likeness (QED) is 0.775. The predicted octanol–water partition coefficient (Wildman–Crippen LogP) is 4.13. The minimum Gasteiger partial charge on any atom is -0.324 e. The number of rotatable bonds is 6. The third kappa shape index (κ3) is 3.91. The second-order valence-corrected chi connectivity index (χ2v) is 8.45. The number of thioether (sulfide) groups is 1. The van der Waals surface area contributed by atoms with Gasteiger partial charge in [0.1, 0.15) is 5.01 Å². The number of nitrogens with one attached hydrogen (secondary N) is 2. The molecular weight excluding hydrogens is 368 g/mol. The van der Waals surface area contributed by atoms with E-state index < -0.39 is 11.2 Å². The van der Waals surface area contributed by atoms with E-state index in [1.165, 1.54) is 23.1 Å². The average molecular weight is 391 g/mol. The lowest BCUT2D eigenvalue weighted by molar-refractivity contribution is -0.123. The molecule has 3 rings (SSSR count). The summed E-state index contributed by atoms with van der Waals surface area (Å²) in [5.74, 6) is -0.490. The van der Waals surface area contributed by atoms with E-state index in [2.05, 4.69) is 34.7 Å². The Labute approximate surface area is 161 Å². The molecule has 2 unspecified atom stereocenters. The van der Waals surface area contributed by atoms with Gasteiger partial charge in [-0.1, -0.05) is 44.2 Å². The number of nitrogens with zero attached hydrogens (tertiary/aromatic N) is 2. The third-order valence-electron chi connectivity index (χ3n) is 4.53. The number of hydrogen-bond acceptors (Lipinski definition) is 6. The number of carbonyl (C=O) groups excluding carboxylic acids is 2. The van der Waals surface area contributed by atoms with Gasteiger partial charge < -0.3 is 10.6 Å². The molecule has 2 aromatic rings. The van der Waals surface area contributed by atoms with Crippen molar-refractivity contribution in [2.45, 2.75) is 49.7 Å². The molecule has 0 saturated carbocycles. The molecule has 0 bridgehead atoms. The first-order valence-corrected chi connectivity index (χ1v) is 10.4. The minimum atomic E-state index is -0.492. The van der Waals surface area contributed by atoms with Gasteiger partial charge in [-0.2, -0.15) is 0 Å².